The van der Waals surface area contributed by atoms with Crippen molar-refractivity contribution in [1.82, 2.24) is 0 Å². The number of allylic oxidation sites excluding steroid dienone is 2. The van der Waals surface area contributed by atoms with Crippen LogP contribution >= 0.6 is 0 Å². The van der Waals surface area contributed by atoms with Gasteiger partial charge >= 0.3 is 0 Å². The molecule has 376 valence electrons. The van der Waals surface area contributed by atoms with Crippen molar-refractivity contribution in [3.63, 3.8) is 0 Å². The van der Waals surface area contributed by atoms with Crippen LogP contribution in [0, 0.1) is 11.8 Å². The Balaban J connectivity index is 1.58. The topological polar surface area (TPSA) is 25.3 Å². The van der Waals surface area contributed by atoms with E-state index >= 15 is 0 Å². The number of unbranched alkanes of at least 4 members (excludes halogenated alkanes) is 36. The largest absolute Gasteiger partial charge is 0.493 e. The maximum absolute atomic E-state index is 12.4. The van der Waals surface area contributed by atoms with E-state index in [2.05, 4.69) is 88.1 Å². The van der Waals surface area contributed by atoms with E-state index in [0.717, 1.165) is 66.6 Å². The Morgan fingerprint density at radius 2 is 0.746 bits per heavy atom. The first kappa shape index (κ1) is 58.4. The van der Waals surface area contributed by atoms with Crippen LogP contribution in [-0.2, 0) is 12.8 Å². The molecular weight excluding hydrogens is 809 g/mol. The highest BCUT2D eigenvalue weighted by atomic mass is 15.2. The van der Waals surface area contributed by atoms with Crippen LogP contribution in [0.4, 0.5) is 0 Å². The van der Waals surface area contributed by atoms with E-state index < -0.39 is 0 Å². The van der Waals surface area contributed by atoms with Crippen molar-refractivity contribution in [1.29, 1.82) is 0 Å². The summed E-state index contributed by atoms with van der Waals surface area (Å²) in [5, 5.41) is 0. The van der Waals surface area contributed by atoms with Crippen LogP contribution in [0.15, 0.2) is 59.7 Å². The summed E-state index contributed by atoms with van der Waals surface area (Å²) >= 11 is 0. The monoisotopic (exact) mass is 915 g/mol. The lowest BCUT2D eigenvalue weighted by molar-refractivity contribution is -0.345. The minimum atomic E-state index is 0.888. The van der Waals surface area contributed by atoms with Crippen molar-refractivity contribution in [2.24, 2.45) is 0 Å². The highest BCUT2D eigenvalue weighted by molar-refractivity contribution is 5.85. The number of aryl methyl sites for hydroxylation is 2. The number of hydrogen-bond donors (Lipinski definition) is 0. The third kappa shape index (κ3) is 26.6. The molecule has 0 aliphatic carbocycles. The molecule has 0 saturated heterocycles. The van der Waals surface area contributed by atoms with E-state index in [-0.39, 0.29) is 0 Å². The molecule has 0 bridgehead atoms. The van der Waals surface area contributed by atoms with Gasteiger partial charge in [-0.25, -0.2) is 4.70 Å². The molecule has 0 unspecified atom stereocenters. The number of rotatable bonds is 44. The van der Waals surface area contributed by atoms with Gasteiger partial charge in [0.2, 0.25) is 11.4 Å². The van der Waals surface area contributed by atoms with Gasteiger partial charge in [0.05, 0.1) is 0 Å². The molecule has 0 fully saturated rings. The summed E-state index contributed by atoms with van der Waals surface area (Å²) < 4.78 is 1.54. The van der Waals surface area contributed by atoms with Crippen molar-refractivity contribution >= 4 is 11.4 Å². The van der Waals surface area contributed by atoms with E-state index in [4.69, 9.17) is 0 Å². The molecule has 3 rings (SSSR count). The van der Waals surface area contributed by atoms with Gasteiger partial charge < -0.3 is 5.53 Å². The minimum Gasteiger partial charge on any atom is -0.493 e. The molecule has 1 heterocycles. The first-order chi connectivity index (χ1) is 33.1. The van der Waals surface area contributed by atoms with Crippen molar-refractivity contribution < 1.29 is 4.70 Å². The van der Waals surface area contributed by atoms with Crippen molar-refractivity contribution in [3.8, 4) is 11.8 Å². The second-order valence-corrected chi connectivity index (χ2v) is 20.9. The van der Waals surface area contributed by atoms with Gasteiger partial charge in [-0.2, -0.15) is 0 Å². The van der Waals surface area contributed by atoms with E-state index in [9.17, 15) is 5.53 Å². The van der Waals surface area contributed by atoms with Crippen LogP contribution in [0.25, 0.3) is 16.9 Å². The fraction of sp³-hybridized carbons (Fsp3) is 0.723. The average Bonchev–Trinajstić information content (AvgIpc) is 3.62. The quantitative estimate of drug-likeness (QED) is 0.0360. The standard InChI is InChI=1S/C65H106N2/c1-5-9-13-15-17-19-21-23-25-27-28-29-30-32-34-35-37-39-41-44-51-62-63(52-45-42-40-38-36-33-31-26-24-22-20-18-16-14-10-6-2)65(61-50-46-49-59(57-61)48-43-11-7-3)67(66)64(62)60-55-53-58(54-56-60)47-12-8-4/h46,49-50,53-57H,5-44,47-48,51H2,1-4H3. The minimum absolute atomic E-state index is 0.888. The number of benzene rings is 2. The van der Waals surface area contributed by atoms with Crippen LogP contribution < -0.4 is 0 Å². The van der Waals surface area contributed by atoms with Crippen LogP contribution in [0.1, 0.15) is 313 Å². The van der Waals surface area contributed by atoms with Crippen molar-refractivity contribution in [2.45, 2.75) is 304 Å². The Morgan fingerprint density at radius 1 is 0.358 bits per heavy atom. The fourth-order valence-corrected chi connectivity index (χ4v) is 10.3. The Bertz CT molecular complexity index is 1650. The Labute approximate surface area is 417 Å². The number of nitrogens with zero attached hydrogens (tertiary/aromatic N) is 2. The second-order valence-electron chi connectivity index (χ2n) is 20.9. The molecule has 0 saturated carbocycles. The van der Waals surface area contributed by atoms with Crippen molar-refractivity contribution in [2.75, 3.05) is 0 Å². The van der Waals surface area contributed by atoms with Crippen LogP contribution in [-0.4, -0.2) is 4.70 Å². The molecular formula is C65H106N2. The molecule has 67 heavy (non-hydrogen) atoms. The lowest BCUT2D eigenvalue weighted by Gasteiger charge is -2.11. The molecule has 2 aromatic carbocycles. The Kier molecular flexibility index (Phi) is 35.7. The van der Waals surface area contributed by atoms with Crippen LogP contribution in [0.5, 0.6) is 0 Å². The summed E-state index contributed by atoms with van der Waals surface area (Å²) in [4.78, 5) is 0. The molecule has 0 radical (unpaired) electrons. The molecule has 0 atom stereocenters. The van der Waals surface area contributed by atoms with Gasteiger partial charge in [0.1, 0.15) is 5.57 Å². The first-order valence-corrected chi connectivity index (χ1v) is 29.8. The van der Waals surface area contributed by atoms with Gasteiger partial charge in [-0.15, -0.1) is 0 Å². The first-order valence-electron chi connectivity index (χ1n) is 29.8. The lowest BCUT2D eigenvalue weighted by atomic mass is 9.94. The van der Waals surface area contributed by atoms with Gasteiger partial charge in [-0.3, -0.25) is 0 Å². The van der Waals surface area contributed by atoms with Crippen LogP contribution in [0.3, 0.4) is 0 Å². The van der Waals surface area contributed by atoms with E-state index in [0.29, 0.717) is 0 Å². The molecule has 2 nitrogen and oxygen atoms in total. The molecule has 0 N–H and O–H groups in total. The highest BCUT2D eigenvalue weighted by Crippen LogP contribution is 2.43. The second kappa shape index (κ2) is 40.9. The summed E-state index contributed by atoms with van der Waals surface area (Å²) in [5.41, 5.74) is 21.4. The predicted octanol–water partition coefficient (Wildman–Crippen LogP) is 22.0. The summed E-state index contributed by atoms with van der Waals surface area (Å²) in [6.07, 6.45) is 57.2. The zero-order valence-electron chi connectivity index (χ0n) is 44.9. The smallest absolute Gasteiger partial charge is 0.223 e. The average molecular weight is 916 g/mol. The molecule has 0 aromatic heterocycles. The SMILES string of the molecule is CCCCCCCCCCCCCCCCC#CC1=C(c2cccc(CCCCC)c2)[N+](=[N-])C(c2ccc(CCCC)cc2)=C1CCCCCCCCCCCCCCCCCCCCCC. The third-order valence-electron chi connectivity index (χ3n) is 14.7. The summed E-state index contributed by atoms with van der Waals surface area (Å²) in [6.45, 7) is 9.16. The van der Waals surface area contributed by atoms with Gasteiger partial charge in [-0.05, 0) is 80.3 Å². The lowest BCUT2D eigenvalue weighted by Crippen LogP contribution is -2.03. The summed E-state index contributed by atoms with van der Waals surface area (Å²) in [7, 11) is 0. The van der Waals surface area contributed by atoms with E-state index in [1.165, 1.54) is 259 Å². The van der Waals surface area contributed by atoms with Gasteiger partial charge in [0, 0.05) is 23.1 Å². The molecule has 0 amide bonds. The van der Waals surface area contributed by atoms with Crippen molar-refractivity contribution in [3.05, 3.63) is 87.5 Å². The van der Waals surface area contributed by atoms with E-state index in [1.807, 2.05) is 0 Å². The Hall–Kier alpha value is -2.92. The predicted molar refractivity (Wildman–Crippen MR) is 298 cm³/mol. The zero-order valence-corrected chi connectivity index (χ0v) is 44.9. The molecule has 2 heteroatoms. The molecule has 0 spiro atoms. The fourth-order valence-electron chi connectivity index (χ4n) is 10.3. The van der Waals surface area contributed by atoms with Crippen LogP contribution in [0.2, 0.25) is 0 Å². The summed E-state index contributed by atoms with van der Waals surface area (Å²) in [5.74, 6) is 7.42. The normalized spacial score (nSPS) is 12.7. The molecule has 1 aliphatic rings. The van der Waals surface area contributed by atoms with Gasteiger partial charge in [0.15, 0.2) is 0 Å². The zero-order chi connectivity index (χ0) is 47.7. The Morgan fingerprint density at radius 3 is 1.21 bits per heavy atom. The maximum atomic E-state index is 12.4. The highest BCUT2D eigenvalue weighted by Gasteiger charge is 2.35. The van der Waals surface area contributed by atoms with E-state index in [1.54, 1.807) is 0 Å². The molecule has 1 aliphatic heterocycles. The summed E-state index contributed by atoms with van der Waals surface area (Å²) in [6, 6.07) is 18.1. The number of hydrogen-bond acceptors (Lipinski definition) is 0. The van der Waals surface area contributed by atoms with Gasteiger partial charge in [0.25, 0.3) is 0 Å². The third-order valence-corrected chi connectivity index (χ3v) is 14.7. The molecule has 2 aromatic rings. The maximum Gasteiger partial charge on any atom is 0.223 e. The van der Waals surface area contributed by atoms with Gasteiger partial charge in [-0.1, -0.05) is 289 Å².